The van der Waals surface area contributed by atoms with Crippen LogP contribution in [0.3, 0.4) is 0 Å². The molecule has 0 aliphatic carbocycles. The molecule has 1 rings (SSSR count). The molecule has 3 nitrogen and oxygen atoms in total. The Balaban J connectivity index is 2.89. The van der Waals surface area contributed by atoms with Crippen LogP contribution in [-0.2, 0) is 4.79 Å². The molecule has 0 fully saturated rings. The van der Waals surface area contributed by atoms with Gasteiger partial charge in [0, 0.05) is 18.3 Å². The van der Waals surface area contributed by atoms with Crippen molar-refractivity contribution in [1.82, 2.24) is 0 Å². The average molecular weight is 191 g/mol. The Kier molecular flexibility index (Phi) is 3.73. The second-order valence-electron chi connectivity index (χ2n) is 2.79. The van der Waals surface area contributed by atoms with Gasteiger partial charge in [-0.15, -0.1) is 0 Å². The van der Waals surface area contributed by atoms with Gasteiger partial charge >= 0.3 is 5.97 Å². The van der Waals surface area contributed by atoms with Gasteiger partial charge in [-0.2, -0.15) is 0 Å². The number of nitrogens with one attached hydrogen (secondary N) is 1. The zero-order chi connectivity index (χ0) is 10.4. The molecule has 1 aromatic rings. The molecular weight excluding hydrogens is 178 g/mol. The Hall–Kier alpha value is -1.77. The van der Waals surface area contributed by atoms with Crippen molar-refractivity contribution in [3.63, 3.8) is 0 Å². The number of aliphatic carboxylic acids is 1. The molecule has 0 spiro atoms. The lowest BCUT2D eigenvalue weighted by molar-refractivity contribution is -0.131. The lowest BCUT2D eigenvalue weighted by atomic mass is 10.1. The molecule has 1 aromatic carbocycles. The van der Waals surface area contributed by atoms with Crippen LogP contribution >= 0.6 is 0 Å². The third kappa shape index (κ3) is 2.94. The third-order valence-electron chi connectivity index (χ3n) is 1.73. The van der Waals surface area contributed by atoms with Gasteiger partial charge in [0.05, 0.1) is 0 Å². The molecule has 74 valence electrons. The Morgan fingerprint density at radius 2 is 2.21 bits per heavy atom. The van der Waals surface area contributed by atoms with Crippen LogP contribution in [0, 0.1) is 0 Å². The summed E-state index contributed by atoms with van der Waals surface area (Å²) in [7, 11) is 0. The first-order chi connectivity index (χ1) is 6.74. The first-order valence-corrected chi connectivity index (χ1v) is 4.48. The fraction of sp³-hybridized carbons (Fsp3) is 0.182. The molecular formula is C11H13NO2. The van der Waals surface area contributed by atoms with Gasteiger partial charge in [-0.25, -0.2) is 4.79 Å². The number of hydrogen-bond donors (Lipinski definition) is 2. The van der Waals surface area contributed by atoms with E-state index in [1.54, 1.807) is 6.08 Å². The number of carbonyl (C=O) groups is 1. The van der Waals surface area contributed by atoms with Crippen LogP contribution in [0.25, 0.3) is 6.08 Å². The van der Waals surface area contributed by atoms with E-state index in [0.717, 1.165) is 23.9 Å². The minimum Gasteiger partial charge on any atom is -0.478 e. The Labute approximate surface area is 83.1 Å². The Morgan fingerprint density at radius 3 is 2.86 bits per heavy atom. The second-order valence-corrected chi connectivity index (χ2v) is 2.79. The summed E-state index contributed by atoms with van der Waals surface area (Å²) < 4.78 is 0. The monoisotopic (exact) mass is 191 g/mol. The second kappa shape index (κ2) is 5.07. The van der Waals surface area contributed by atoms with Gasteiger partial charge in [0.25, 0.3) is 0 Å². The van der Waals surface area contributed by atoms with Gasteiger partial charge < -0.3 is 10.4 Å². The van der Waals surface area contributed by atoms with Gasteiger partial charge in [0.1, 0.15) is 0 Å². The summed E-state index contributed by atoms with van der Waals surface area (Å²) in [5.41, 5.74) is 1.84. The van der Waals surface area contributed by atoms with E-state index >= 15 is 0 Å². The fourth-order valence-corrected chi connectivity index (χ4v) is 1.15. The highest BCUT2D eigenvalue weighted by molar-refractivity contribution is 5.86. The van der Waals surface area contributed by atoms with Crippen LogP contribution in [0.4, 0.5) is 5.69 Å². The summed E-state index contributed by atoms with van der Waals surface area (Å²) in [4.78, 5) is 10.3. The largest absolute Gasteiger partial charge is 0.478 e. The predicted molar refractivity (Wildman–Crippen MR) is 57.3 cm³/mol. The van der Waals surface area contributed by atoms with Gasteiger partial charge in [-0.1, -0.05) is 18.2 Å². The van der Waals surface area contributed by atoms with Crippen LogP contribution in [0.5, 0.6) is 0 Å². The van der Waals surface area contributed by atoms with Crippen LogP contribution in [-0.4, -0.2) is 17.6 Å². The summed E-state index contributed by atoms with van der Waals surface area (Å²) in [6.07, 6.45) is 2.72. The van der Waals surface area contributed by atoms with Crippen LogP contribution in [0.15, 0.2) is 30.3 Å². The quantitative estimate of drug-likeness (QED) is 0.717. The van der Waals surface area contributed by atoms with Crippen molar-refractivity contribution in [2.75, 3.05) is 11.9 Å². The molecule has 0 saturated carbocycles. The van der Waals surface area contributed by atoms with E-state index in [1.807, 2.05) is 31.2 Å². The van der Waals surface area contributed by atoms with Crippen molar-refractivity contribution in [2.24, 2.45) is 0 Å². The van der Waals surface area contributed by atoms with Crippen molar-refractivity contribution >= 4 is 17.7 Å². The molecule has 2 N–H and O–H groups in total. The molecule has 0 radical (unpaired) electrons. The Morgan fingerprint density at radius 1 is 1.50 bits per heavy atom. The van der Waals surface area contributed by atoms with Gasteiger partial charge in [-0.05, 0) is 24.6 Å². The maximum Gasteiger partial charge on any atom is 0.328 e. The summed E-state index contributed by atoms with van der Waals surface area (Å²) in [6, 6.07) is 7.58. The summed E-state index contributed by atoms with van der Waals surface area (Å²) in [5, 5.41) is 11.6. The molecule has 0 aliphatic rings. The number of carboxylic acids is 1. The van der Waals surface area contributed by atoms with Crippen molar-refractivity contribution < 1.29 is 9.90 Å². The van der Waals surface area contributed by atoms with Gasteiger partial charge in [-0.3, -0.25) is 0 Å². The summed E-state index contributed by atoms with van der Waals surface area (Å²) in [5.74, 6) is -0.934. The molecule has 0 atom stereocenters. The highest BCUT2D eigenvalue weighted by Gasteiger charge is 1.96. The number of carboxylic acid groups (broad SMARTS) is 1. The van der Waals surface area contributed by atoms with E-state index in [2.05, 4.69) is 5.32 Å². The smallest absolute Gasteiger partial charge is 0.328 e. The normalized spacial score (nSPS) is 10.4. The third-order valence-corrected chi connectivity index (χ3v) is 1.73. The SMILES string of the molecule is CCNc1ccccc1/C=C/C(=O)O. The zero-order valence-electron chi connectivity index (χ0n) is 8.03. The zero-order valence-corrected chi connectivity index (χ0v) is 8.03. The molecule has 0 aliphatic heterocycles. The van der Waals surface area contributed by atoms with Crippen molar-refractivity contribution in [3.8, 4) is 0 Å². The first-order valence-electron chi connectivity index (χ1n) is 4.48. The van der Waals surface area contributed by atoms with Gasteiger partial charge in [0.15, 0.2) is 0 Å². The lowest BCUT2D eigenvalue weighted by Crippen LogP contribution is -1.98. The summed E-state index contributed by atoms with van der Waals surface area (Å²) in [6.45, 7) is 2.82. The van der Waals surface area contributed by atoms with Crippen molar-refractivity contribution in [3.05, 3.63) is 35.9 Å². The average Bonchev–Trinajstić information content (AvgIpc) is 2.17. The van der Waals surface area contributed by atoms with Gasteiger partial charge in [0.2, 0.25) is 0 Å². The fourth-order valence-electron chi connectivity index (χ4n) is 1.15. The minimum absolute atomic E-state index is 0.817. The number of hydrogen-bond acceptors (Lipinski definition) is 2. The lowest BCUT2D eigenvalue weighted by Gasteiger charge is -2.06. The Bertz CT molecular complexity index is 345. The molecule has 0 bridgehead atoms. The molecule has 3 heteroatoms. The molecule has 0 amide bonds. The maximum absolute atomic E-state index is 10.3. The molecule has 0 heterocycles. The maximum atomic E-state index is 10.3. The van der Waals surface area contributed by atoms with Crippen LogP contribution in [0.2, 0.25) is 0 Å². The number of para-hydroxylation sites is 1. The van der Waals surface area contributed by atoms with E-state index in [4.69, 9.17) is 5.11 Å². The molecule has 0 unspecified atom stereocenters. The van der Waals surface area contributed by atoms with E-state index in [1.165, 1.54) is 0 Å². The minimum atomic E-state index is -0.934. The molecule has 0 aromatic heterocycles. The number of anilines is 1. The topological polar surface area (TPSA) is 49.3 Å². The molecule has 14 heavy (non-hydrogen) atoms. The van der Waals surface area contributed by atoms with E-state index in [9.17, 15) is 4.79 Å². The van der Waals surface area contributed by atoms with Crippen molar-refractivity contribution in [2.45, 2.75) is 6.92 Å². The number of benzene rings is 1. The van der Waals surface area contributed by atoms with E-state index in [-0.39, 0.29) is 0 Å². The van der Waals surface area contributed by atoms with E-state index in [0.29, 0.717) is 0 Å². The van der Waals surface area contributed by atoms with Crippen LogP contribution in [0.1, 0.15) is 12.5 Å². The highest BCUT2D eigenvalue weighted by Crippen LogP contribution is 2.15. The highest BCUT2D eigenvalue weighted by atomic mass is 16.4. The van der Waals surface area contributed by atoms with Crippen LogP contribution < -0.4 is 5.32 Å². The molecule has 0 saturated heterocycles. The first kappa shape index (κ1) is 10.3. The van der Waals surface area contributed by atoms with Crippen molar-refractivity contribution in [1.29, 1.82) is 0 Å². The predicted octanol–water partition coefficient (Wildman–Crippen LogP) is 2.22. The standard InChI is InChI=1S/C11H13NO2/c1-2-12-10-6-4-3-5-9(10)7-8-11(13)14/h3-8,12H,2H2,1H3,(H,13,14)/b8-7+. The number of rotatable bonds is 4. The van der Waals surface area contributed by atoms with E-state index < -0.39 is 5.97 Å². The summed E-state index contributed by atoms with van der Waals surface area (Å²) >= 11 is 0.